The van der Waals surface area contributed by atoms with Crippen LogP contribution in [0.2, 0.25) is 0 Å². The van der Waals surface area contributed by atoms with Gasteiger partial charge in [-0.2, -0.15) is 0 Å². The first kappa shape index (κ1) is 21.0. The van der Waals surface area contributed by atoms with Crippen LogP contribution in [-0.2, 0) is 0 Å². The van der Waals surface area contributed by atoms with Gasteiger partial charge in [0.05, 0.1) is 17.6 Å². The van der Waals surface area contributed by atoms with Crippen molar-refractivity contribution in [3.8, 4) is 5.75 Å². The fourth-order valence-electron chi connectivity index (χ4n) is 3.50. The number of nitro benzene ring substituents is 1. The molecule has 0 radical (unpaired) electrons. The Labute approximate surface area is 175 Å². The molecular formula is C24H24N2O4. The second-order valence-corrected chi connectivity index (χ2v) is 6.69. The summed E-state index contributed by atoms with van der Waals surface area (Å²) >= 11 is 0. The number of amides is 1. The number of ether oxygens (including phenoxy) is 1. The summed E-state index contributed by atoms with van der Waals surface area (Å²) in [5.74, 6) is -0.119. The van der Waals surface area contributed by atoms with Crippen LogP contribution in [0.1, 0.15) is 41.4 Å². The fourth-order valence-corrected chi connectivity index (χ4v) is 3.50. The average Bonchev–Trinajstić information content (AvgIpc) is 2.78. The van der Waals surface area contributed by atoms with Crippen molar-refractivity contribution in [3.63, 3.8) is 0 Å². The monoisotopic (exact) mass is 404 g/mol. The zero-order valence-corrected chi connectivity index (χ0v) is 17.0. The Hall–Kier alpha value is -3.67. The summed E-state index contributed by atoms with van der Waals surface area (Å²) in [6.45, 7) is 4.40. The number of nitro groups is 1. The average molecular weight is 404 g/mol. The minimum absolute atomic E-state index is 0.157. The minimum atomic E-state index is -0.524. The maximum atomic E-state index is 13.5. The summed E-state index contributed by atoms with van der Waals surface area (Å²) in [5, 5.41) is 11.5. The lowest BCUT2D eigenvalue weighted by molar-refractivity contribution is -0.385. The molecule has 1 amide bonds. The van der Waals surface area contributed by atoms with Crippen LogP contribution in [0.25, 0.3) is 0 Å². The lowest BCUT2D eigenvalue weighted by Gasteiger charge is -2.32. The number of nitrogens with zero attached hydrogens (tertiary/aromatic N) is 2. The van der Waals surface area contributed by atoms with Gasteiger partial charge >= 0.3 is 5.69 Å². The third-order valence-electron chi connectivity index (χ3n) is 4.85. The molecule has 6 heteroatoms. The number of rotatable bonds is 8. The number of hydrogen-bond donors (Lipinski definition) is 0. The van der Waals surface area contributed by atoms with E-state index in [1.807, 2.05) is 67.6 Å². The number of benzene rings is 3. The maximum Gasteiger partial charge on any atom is 0.311 e. The van der Waals surface area contributed by atoms with Crippen LogP contribution in [0.15, 0.2) is 78.9 Å². The van der Waals surface area contributed by atoms with Gasteiger partial charge in [0, 0.05) is 18.2 Å². The molecule has 0 spiro atoms. The van der Waals surface area contributed by atoms with Crippen molar-refractivity contribution in [3.05, 3.63) is 106 Å². The predicted octanol–water partition coefficient (Wildman–Crippen LogP) is 5.25. The van der Waals surface area contributed by atoms with Crippen molar-refractivity contribution >= 4 is 11.6 Å². The molecule has 0 aromatic heterocycles. The number of carbonyl (C=O) groups excluding carboxylic acids is 1. The van der Waals surface area contributed by atoms with E-state index in [2.05, 4.69) is 0 Å². The Kier molecular flexibility index (Phi) is 6.80. The molecule has 3 aromatic rings. The third kappa shape index (κ3) is 4.49. The molecule has 30 heavy (non-hydrogen) atoms. The highest BCUT2D eigenvalue weighted by Crippen LogP contribution is 2.32. The van der Waals surface area contributed by atoms with Crippen molar-refractivity contribution in [1.29, 1.82) is 0 Å². The first-order chi connectivity index (χ1) is 14.6. The first-order valence-corrected chi connectivity index (χ1v) is 9.88. The SMILES string of the molecule is CCOc1ccc(C(=O)N(CC)C(c2ccccc2)c2ccccc2)cc1[N+](=O)[O-]. The molecule has 0 heterocycles. The van der Waals surface area contributed by atoms with E-state index in [9.17, 15) is 14.9 Å². The zero-order chi connectivity index (χ0) is 21.5. The Morgan fingerprint density at radius 1 is 0.967 bits per heavy atom. The van der Waals surface area contributed by atoms with Crippen LogP contribution < -0.4 is 4.74 Å². The second-order valence-electron chi connectivity index (χ2n) is 6.69. The highest BCUT2D eigenvalue weighted by atomic mass is 16.6. The van der Waals surface area contributed by atoms with Crippen LogP contribution in [0.3, 0.4) is 0 Å². The summed E-state index contributed by atoms with van der Waals surface area (Å²) in [5.41, 5.74) is 1.98. The van der Waals surface area contributed by atoms with Gasteiger partial charge in [-0.1, -0.05) is 60.7 Å². The first-order valence-electron chi connectivity index (χ1n) is 9.88. The van der Waals surface area contributed by atoms with Crippen molar-refractivity contribution < 1.29 is 14.5 Å². The van der Waals surface area contributed by atoms with Crippen LogP contribution in [0.4, 0.5) is 5.69 Å². The van der Waals surface area contributed by atoms with E-state index in [1.54, 1.807) is 17.9 Å². The lowest BCUT2D eigenvalue weighted by atomic mass is 9.96. The van der Waals surface area contributed by atoms with Gasteiger partial charge in [-0.05, 0) is 37.1 Å². The second kappa shape index (κ2) is 9.69. The molecular weight excluding hydrogens is 380 g/mol. The largest absolute Gasteiger partial charge is 0.487 e. The molecule has 0 fully saturated rings. The number of hydrogen-bond acceptors (Lipinski definition) is 4. The van der Waals surface area contributed by atoms with Gasteiger partial charge in [-0.25, -0.2) is 0 Å². The van der Waals surface area contributed by atoms with E-state index in [-0.39, 0.29) is 28.9 Å². The minimum Gasteiger partial charge on any atom is -0.487 e. The molecule has 0 bridgehead atoms. The quantitative estimate of drug-likeness (QED) is 0.380. The predicted molar refractivity (Wildman–Crippen MR) is 116 cm³/mol. The van der Waals surface area contributed by atoms with E-state index >= 15 is 0 Å². The molecule has 0 saturated carbocycles. The van der Waals surface area contributed by atoms with Gasteiger partial charge < -0.3 is 9.64 Å². The third-order valence-corrected chi connectivity index (χ3v) is 4.85. The van der Waals surface area contributed by atoms with Crippen molar-refractivity contribution in [2.24, 2.45) is 0 Å². The molecule has 0 aliphatic heterocycles. The van der Waals surface area contributed by atoms with Gasteiger partial charge in [0.15, 0.2) is 5.75 Å². The van der Waals surface area contributed by atoms with E-state index in [0.717, 1.165) is 11.1 Å². The van der Waals surface area contributed by atoms with E-state index in [4.69, 9.17) is 4.74 Å². The molecule has 154 valence electrons. The van der Waals surface area contributed by atoms with E-state index < -0.39 is 4.92 Å². The molecule has 3 aromatic carbocycles. The van der Waals surface area contributed by atoms with Crippen LogP contribution in [0.5, 0.6) is 5.75 Å². The normalized spacial score (nSPS) is 10.6. The van der Waals surface area contributed by atoms with Crippen molar-refractivity contribution in [1.82, 2.24) is 4.90 Å². The van der Waals surface area contributed by atoms with Crippen molar-refractivity contribution in [2.45, 2.75) is 19.9 Å². The summed E-state index contributed by atoms with van der Waals surface area (Å²) in [4.78, 5) is 26.2. The van der Waals surface area contributed by atoms with E-state index in [1.165, 1.54) is 12.1 Å². The summed E-state index contributed by atoms with van der Waals surface area (Å²) in [6.07, 6.45) is 0. The van der Waals surface area contributed by atoms with Crippen molar-refractivity contribution in [2.75, 3.05) is 13.2 Å². The van der Waals surface area contributed by atoms with Crippen LogP contribution >= 0.6 is 0 Å². The maximum absolute atomic E-state index is 13.5. The molecule has 3 rings (SSSR count). The van der Waals surface area contributed by atoms with Crippen LogP contribution in [0, 0.1) is 10.1 Å². The molecule has 0 N–H and O–H groups in total. The Morgan fingerprint density at radius 3 is 2.00 bits per heavy atom. The van der Waals surface area contributed by atoms with Gasteiger partial charge in [0.25, 0.3) is 5.91 Å². The summed E-state index contributed by atoms with van der Waals surface area (Å²) in [7, 11) is 0. The smallest absolute Gasteiger partial charge is 0.311 e. The molecule has 0 atom stereocenters. The highest BCUT2D eigenvalue weighted by molar-refractivity contribution is 5.95. The summed E-state index contributed by atoms with van der Waals surface area (Å²) in [6, 6.07) is 23.6. The Morgan fingerprint density at radius 2 is 1.53 bits per heavy atom. The topological polar surface area (TPSA) is 72.7 Å². The molecule has 6 nitrogen and oxygen atoms in total. The van der Waals surface area contributed by atoms with Gasteiger partial charge in [-0.15, -0.1) is 0 Å². The van der Waals surface area contributed by atoms with Gasteiger partial charge in [0.2, 0.25) is 0 Å². The zero-order valence-electron chi connectivity index (χ0n) is 17.0. The van der Waals surface area contributed by atoms with E-state index in [0.29, 0.717) is 13.2 Å². The van der Waals surface area contributed by atoms with Gasteiger partial charge in [-0.3, -0.25) is 14.9 Å². The molecule has 0 saturated heterocycles. The Balaban J connectivity index is 2.05. The Bertz CT molecular complexity index is 967. The molecule has 0 aliphatic carbocycles. The summed E-state index contributed by atoms with van der Waals surface area (Å²) < 4.78 is 5.34. The van der Waals surface area contributed by atoms with Crippen LogP contribution in [-0.4, -0.2) is 28.9 Å². The lowest BCUT2D eigenvalue weighted by Crippen LogP contribution is -2.35. The number of carbonyl (C=O) groups is 1. The van der Waals surface area contributed by atoms with Gasteiger partial charge in [0.1, 0.15) is 0 Å². The standard InChI is InChI=1S/C24H24N2O4/c1-3-25(23(18-11-7-5-8-12-18)19-13-9-6-10-14-19)24(27)20-15-16-22(30-4-2)21(17-20)26(28)29/h5-17,23H,3-4H2,1-2H3. The molecule has 0 aliphatic rings. The highest BCUT2D eigenvalue weighted by Gasteiger charge is 2.28. The molecule has 0 unspecified atom stereocenters. The fraction of sp³-hybridized carbons (Fsp3) is 0.208.